The molecule has 0 aromatic heterocycles. The van der Waals surface area contributed by atoms with Crippen molar-refractivity contribution < 1.29 is 14.3 Å². The Morgan fingerprint density at radius 1 is 1.08 bits per heavy atom. The van der Waals surface area contributed by atoms with Crippen LogP contribution in [0, 0.1) is 0 Å². The van der Waals surface area contributed by atoms with Gasteiger partial charge in [0.15, 0.2) is 11.5 Å². The first-order chi connectivity index (χ1) is 12.1. The maximum atomic E-state index is 12.6. The number of benzene rings is 2. The monoisotopic (exact) mass is 340 g/mol. The maximum Gasteiger partial charge on any atom is 0.322 e. The number of hydrogen-bond acceptors (Lipinski definition) is 3. The van der Waals surface area contributed by atoms with E-state index in [4.69, 9.17) is 9.47 Å². The summed E-state index contributed by atoms with van der Waals surface area (Å²) in [5.41, 5.74) is 4.38. The number of nitrogens with one attached hydrogen (secondary N) is 1. The lowest BCUT2D eigenvalue weighted by Crippen LogP contribution is -2.38. The summed E-state index contributed by atoms with van der Waals surface area (Å²) < 4.78 is 10.7. The molecule has 3 rings (SSSR count). The quantitative estimate of drug-likeness (QED) is 0.919. The fourth-order valence-corrected chi connectivity index (χ4v) is 3.08. The van der Waals surface area contributed by atoms with Crippen LogP contribution in [0.2, 0.25) is 0 Å². The molecular formula is C20H24N2O3. The number of fused-ring (bicyclic) bond motifs is 1. The average molecular weight is 340 g/mol. The van der Waals surface area contributed by atoms with Gasteiger partial charge in [0.1, 0.15) is 0 Å². The van der Waals surface area contributed by atoms with Gasteiger partial charge in [0.2, 0.25) is 0 Å². The summed E-state index contributed by atoms with van der Waals surface area (Å²) in [4.78, 5) is 14.4. The lowest BCUT2D eigenvalue weighted by Gasteiger charge is -2.29. The highest BCUT2D eigenvalue weighted by Crippen LogP contribution is 2.33. The van der Waals surface area contributed by atoms with Crippen LogP contribution in [0.5, 0.6) is 11.5 Å². The highest BCUT2D eigenvalue weighted by molar-refractivity contribution is 5.89. The smallest absolute Gasteiger partial charge is 0.322 e. The van der Waals surface area contributed by atoms with Crippen molar-refractivity contribution in [3.05, 3.63) is 53.1 Å². The van der Waals surface area contributed by atoms with Crippen LogP contribution in [-0.4, -0.2) is 31.7 Å². The Morgan fingerprint density at radius 2 is 1.72 bits per heavy atom. The third kappa shape index (κ3) is 3.71. The van der Waals surface area contributed by atoms with Gasteiger partial charge in [-0.25, -0.2) is 4.79 Å². The van der Waals surface area contributed by atoms with Gasteiger partial charge in [-0.1, -0.05) is 19.1 Å². The van der Waals surface area contributed by atoms with Crippen LogP contribution in [-0.2, 0) is 19.4 Å². The predicted molar refractivity (Wildman–Crippen MR) is 98.5 cm³/mol. The lowest BCUT2D eigenvalue weighted by molar-refractivity contribution is 0.206. The summed E-state index contributed by atoms with van der Waals surface area (Å²) in [5.74, 6) is 1.42. The molecule has 1 aliphatic rings. The fourth-order valence-electron chi connectivity index (χ4n) is 3.08. The van der Waals surface area contributed by atoms with Crippen LogP contribution in [0.4, 0.5) is 10.5 Å². The van der Waals surface area contributed by atoms with Gasteiger partial charge in [0.25, 0.3) is 0 Å². The zero-order valence-corrected chi connectivity index (χ0v) is 15.0. The number of urea groups is 1. The molecule has 0 saturated heterocycles. The normalized spacial score (nSPS) is 13.2. The Labute approximate surface area is 148 Å². The Bertz CT molecular complexity index is 756. The van der Waals surface area contributed by atoms with Crippen molar-refractivity contribution in [1.82, 2.24) is 4.90 Å². The number of carbonyl (C=O) groups excluding carboxylic acids is 1. The molecule has 5 heteroatoms. The van der Waals surface area contributed by atoms with E-state index in [-0.39, 0.29) is 6.03 Å². The van der Waals surface area contributed by atoms with E-state index in [1.807, 2.05) is 41.3 Å². The maximum absolute atomic E-state index is 12.6. The second-order valence-electron chi connectivity index (χ2n) is 6.13. The van der Waals surface area contributed by atoms with E-state index in [1.54, 1.807) is 14.2 Å². The van der Waals surface area contributed by atoms with E-state index < -0.39 is 0 Å². The number of nitrogens with zero attached hydrogens (tertiary/aromatic N) is 1. The van der Waals surface area contributed by atoms with Crippen molar-refractivity contribution >= 4 is 11.7 Å². The van der Waals surface area contributed by atoms with E-state index in [9.17, 15) is 4.79 Å². The van der Waals surface area contributed by atoms with E-state index in [0.717, 1.165) is 29.8 Å². The van der Waals surface area contributed by atoms with E-state index in [2.05, 4.69) is 12.2 Å². The van der Waals surface area contributed by atoms with Gasteiger partial charge in [0.05, 0.1) is 14.2 Å². The summed E-state index contributed by atoms with van der Waals surface area (Å²) in [7, 11) is 3.26. The molecule has 5 nitrogen and oxygen atoms in total. The average Bonchev–Trinajstić information content (AvgIpc) is 2.66. The molecule has 0 radical (unpaired) electrons. The van der Waals surface area contributed by atoms with Gasteiger partial charge in [0, 0.05) is 18.8 Å². The molecule has 2 amide bonds. The number of aryl methyl sites for hydroxylation is 1. The summed E-state index contributed by atoms with van der Waals surface area (Å²) in [6.45, 7) is 3.36. The van der Waals surface area contributed by atoms with Crippen LogP contribution in [0.3, 0.4) is 0 Å². The van der Waals surface area contributed by atoms with E-state index >= 15 is 0 Å². The molecule has 2 aromatic carbocycles. The van der Waals surface area contributed by atoms with E-state index in [0.29, 0.717) is 18.8 Å². The fraction of sp³-hybridized carbons (Fsp3) is 0.350. The van der Waals surface area contributed by atoms with Crippen molar-refractivity contribution in [1.29, 1.82) is 0 Å². The topological polar surface area (TPSA) is 50.8 Å². The van der Waals surface area contributed by atoms with Gasteiger partial charge in [-0.05, 0) is 53.8 Å². The van der Waals surface area contributed by atoms with Crippen molar-refractivity contribution in [2.24, 2.45) is 0 Å². The van der Waals surface area contributed by atoms with Gasteiger partial charge >= 0.3 is 6.03 Å². The van der Waals surface area contributed by atoms with Gasteiger partial charge in [-0.15, -0.1) is 0 Å². The molecule has 0 atom stereocenters. The van der Waals surface area contributed by atoms with Crippen molar-refractivity contribution in [3.8, 4) is 11.5 Å². The first-order valence-corrected chi connectivity index (χ1v) is 8.53. The Kier molecular flexibility index (Phi) is 5.12. The molecular weight excluding hydrogens is 316 g/mol. The molecule has 0 saturated carbocycles. The predicted octanol–water partition coefficient (Wildman–Crippen LogP) is 3.86. The Balaban J connectivity index is 1.71. The molecule has 0 spiro atoms. The zero-order chi connectivity index (χ0) is 17.8. The molecule has 0 unspecified atom stereocenters. The minimum Gasteiger partial charge on any atom is -0.493 e. The first kappa shape index (κ1) is 17.1. The third-order valence-corrected chi connectivity index (χ3v) is 4.62. The second-order valence-corrected chi connectivity index (χ2v) is 6.13. The number of rotatable bonds is 4. The summed E-state index contributed by atoms with van der Waals surface area (Å²) in [5, 5.41) is 2.98. The molecule has 132 valence electrons. The number of amides is 2. The minimum absolute atomic E-state index is 0.0790. The van der Waals surface area contributed by atoms with Crippen molar-refractivity contribution in [2.75, 3.05) is 26.1 Å². The summed E-state index contributed by atoms with van der Waals surface area (Å²) >= 11 is 0. The first-order valence-electron chi connectivity index (χ1n) is 8.53. The molecule has 1 heterocycles. The molecule has 1 N–H and O–H groups in total. The summed E-state index contributed by atoms with van der Waals surface area (Å²) in [6.07, 6.45) is 1.79. The molecule has 0 aliphatic carbocycles. The SMILES string of the molecule is CCc1ccc(NC(=O)N2CCc3cc(OC)c(OC)cc3C2)cc1. The zero-order valence-electron chi connectivity index (χ0n) is 15.0. The third-order valence-electron chi connectivity index (χ3n) is 4.62. The lowest BCUT2D eigenvalue weighted by atomic mass is 9.99. The van der Waals surface area contributed by atoms with Gasteiger partial charge < -0.3 is 19.7 Å². The highest BCUT2D eigenvalue weighted by Gasteiger charge is 2.22. The van der Waals surface area contributed by atoms with Crippen LogP contribution in [0.1, 0.15) is 23.6 Å². The van der Waals surface area contributed by atoms with Crippen LogP contribution in [0.15, 0.2) is 36.4 Å². The molecule has 1 aliphatic heterocycles. The molecule has 0 bridgehead atoms. The van der Waals surface area contributed by atoms with Crippen LogP contribution in [0.25, 0.3) is 0 Å². The molecule has 25 heavy (non-hydrogen) atoms. The largest absolute Gasteiger partial charge is 0.493 e. The standard InChI is InChI=1S/C20H24N2O3/c1-4-14-5-7-17(8-6-14)21-20(23)22-10-9-15-11-18(24-2)19(25-3)12-16(15)13-22/h5-8,11-12H,4,9-10,13H2,1-3H3,(H,21,23). The van der Waals surface area contributed by atoms with Crippen LogP contribution >= 0.6 is 0 Å². The van der Waals surface area contributed by atoms with Crippen molar-refractivity contribution in [2.45, 2.75) is 26.3 Å². The van der Waals surface area contributed by atoms with Crippen LogP contribution < -0.4 is 14.8 Å². The number of carbonyl (C=O) groups is 1. The number of hydrogen-bond donors (Lipinski definition) is 1. The van der Waals surface area contributed by atoms with Gasteiger partial charge in [-0.2, -0.15) is 0 Å². The van der Waals surface area contributed by atoms with Crippen molar-refractivity contribution in [3.63, 3.8) is 0 Å². The number of anilines is 1. The van der Waals surface area contributed by atoms with Gasteiger partial charge in [-0.3, -0.25) is 0 Å². The molecule has 2 aromatic rings. The highest BCUT2D eigenvalue weighted by atomic mass is 16.5. The minimum atomic E-state index is -0.0790. The Hall–Kier alpha value is -2.69. The number of ether oxygens (including phenoxy) is 2. The summed E-state index contributed by atoms with van der Waals surface area (Å²) in [6, 6.07) is 11.9. The second kappa shape index (κ2) is 7.47. The Morgan fingerprint density at radius 3 is 2.32 bits per heavy atom. The molecule has 0 fully saturated rings. The van der Waals surface area contributed by atoms with E-state index in [1.165, 1.54) is 11.1 Å². The number of methoxy groups -OCH3 is 2.